The van der Waals surface area contributed by atoms with E-state index in [4.69, 9.17) is 5.11 Å². The summed E-state index contributed by atoms with van der Waals surface area (Å²) in [5.41, 5.74) is -0.853. The molecule has 1 aliphatic heterocycles. The van der Waals surface area contributed by atoms with Gasteiger partial charge in [-0.2, -0.15) is 0 Å². The zero-order valence-electron chi connectivity index (χ0n) is 11.7. The van der Waals surface area contributed by atoms with Crippen molar-refractivity contribution in [2.24, 2.45) is 11.3 Å². The van der Waals surface area contributed by atoms with Gasteiger partial charge in [0.05, 0.1) is 11.3 Å². The molecule has 0 aromatic heterocycles. The molecule has 0 bridgehead atoms. The van der Waals surface area contributed by atoms with E-state index in [1.165, 1.54) is 0 Å². The molecule has 0 radical (unpaired) electrons. The van der Waals surface area contributed by atoms with Crippen molar-refractivity contribution in [3.05, 3.63) is 0 Å². The third-order valence-electron chi connectivity index (χ3n) is 3.60. The van der Waals surface area contributed by atoms with Gasteiger partial charge in [-0.05, 0) is 27.2 Å². The maximum absolute atomic E-state index is 11.9. The molecule has 1 saturated heterocycles. The highest BCUT2D eigenvalue weighted by atomic mass is 16.4. The summed E-state index contributed by atoms with van der Waals surface area (Å²) in [5.74, 6) is -1.34. The van der Waals surface area contributed by atoms with Gasteiger partial charge in [0.1, 0.15) is 0 Å². The number of carboxylic acid groups (broad SMARTS) is 1. The van der Waals surface area contributed by atoms with E-state index < -0.39 is 11.4 Å². The number of nitrogens with one attached hydrogen (secondary N) is 1. The Bertz CT molecular complexity index is 379. The fourth-order valence-electron chi connectivity index (χ4n) is 2.00. The lowest BCUT2D eigenvalue weighted by Gasteiger charge is -2.19. The molecule has 6 nitrogen and oxygen atoms in total. The van der Waals surface area contributed by atoms with E-state index in [9.17, 15) is 14.4 Å². The molecule has 0 aromatic rings. The van der Waals surface area contributed by atoms with Crippen LogP contribution in [0.2, 0.25) is 0 Å². The molecule has 1 atom stereocenters. The topological polar surface area (TPSA) is 86.7 Å². The minimum Gasteiger partial charge on any atom is -0.481 e. The van der Waals surface area contributed by atoms with Crippen molar-refractivity contribution in [3.8, 4) is 0 Å². The van der Waals surface area contributed by atoms with E-state index >= 15 is 0 Å². The molecular weight excluding hydrogens is 248 g/mol. The van der Waals surface area contributed by atoms with Crippen molar-refractivity contribution in [3.63, 3.8) is 0 Å². The van der Waals surface area contributed by atoms with Gasteiger partial charge in [-0.1, -0.05) is 0 Å². The van der Waals surface area contributed by atoms with Crippen molar-refractivity contribution in [1.82, 2.24) is 10.2 Å². The third-order valence-corrected chi connectivity index (χ3v) is 3.60. The number of rotatable bonds is 6. The Morgan fingerprint density at radius 2 is 2.11 bits per heavy atom. The van der Waals surface area contributed by atoms with Crippen LogP contribution < -0.4 is 5.32 Å². The van der Waals surface area contributed by atoms with Gasteiger partial charge in [-0.3, -0.25) is 14.4 Å². The van der Waals surface area contributed by atoms with Crippen LogP contribution in [0.15, 0.2) is 0 Å². The van der Waals surface area contributed by atoms with Crippen LogP contribution in [-0.4, -0.2) is 47.4 Å². The number of hydrogen-bond donors (Lipinski definition) is 2. The van der Waals surface area contributed by atoms with E-state index in [0.29, 0.717) is 26.1 Å². The Labute approximate surface area is 113 Å². The van der Waals surface area contributed by atoms with E-state index in [-0.39, 0.29) is 24.2 Å². The summed E-state index contributed by atoms with van der Waals surface area (Å²) in [6.45, 7) is 6.53. The van der Waals surface area contributed by atoms with Crippen LogP contribution in [0.5, 0.6) is 0 Å². The van der Waals surface area contributed by atoms with Crippen molar-refractivity contribution in [2.75, 3.05) is 19.6 Å². The molecule has 0 aromatic carbocycles. The second-order valence-electron chi connectivity index (χ2n) is 5.56. The normalized spacial score (nSPS) is 19.6. The summed E-state index contributed by atoms with van der Waals surface area (Å²) in [6.07, 6.45) is 0.619. The molecule has 6 heteroatoms. The number of carboxylic acids is 1. The largest absolute Gasteiger partial charge is 0.481 e. The summed E-state index contributed by atoms with van der Waals surface area (Å²) in [4.78, 5) is 36.0. The Hall–Kier alpha value is -1.59. The first-order valence-electron chi connectivity index (χ1n) is 6.56. The molecule has 108 valence electrons. The van der Waals surface area contributed by atoms with Crippen LogP contribution in [0.3, 0.4) is 0 Å². The lowest BCUT2D eigenvalue weighted by atomic mass is 9.89. The number of aliphatic carboxylic acids is 1. The second-order valence-corrected chi connectivity index (χ2v) is 5.56. The van der Waals surface area contributed by atoms with E-state index in [1.54, 1.807) is 18.7 Å². The smallest absolute Gasteiger partial charge is 0.309 e. The molecular formula is C13H22N2O4. The van der Waals surface area contributed by atoms with Gasteiger partial charge in [0.25, 0.3) is 0 Å². The second kappa shape index (κ2) is 6.04. The highest BCUT2D eigenvalue weighted by Gasteiger charge is 2.33. The van der Waals surface area contributed by atoms with Crippen LogP contribution in [-0.2, 0) is 14.4 Å². The Balaban J connectivity index is 2.37. The fourth-order valence-corrected chi connectivity index (χ4v) is 2.00. The summed E-state index contributed by atoms with van der Waals surface area (Å²) < 4.78 is 0. The molecule has 1 unspecified atom stereocenters. The van der Waals surface area contributed by atoms with Crippen LogP contribution in [0.1, 0.15) is 33.6 Å². The van der Waals surface area contributed by atoms with Gasteiger partial charge in [0.2, 0.25) is 11.8 Å². The first-order valence-corrected chi connectivity index (χ1v) is 6.56. The van der Waals surface area contributed by atoms with Gasteiger partial charge in [0, 0.05) is 26.1 Å². The molecule has 1 rings (SSSR count). The molecule has 1 heterocycles. The molecule has 2 amide bonds. The standard InChI is InChI=1S/C13H22N2O4/c1-4-15-8-9(7-10(15)16)11(17)14-6-5-13(2,3)12(18)19/h9H,4-8H2,1-3H3,(H,14,17)(H,18,19). The lowest BCUT2D eigenvalue weighted by molar-refractivity contribution is -0.147. The molecule has 1 aliphatic rings. The van der Waals surface area contributed by atoms with Crippen LogP contribution in [0.25, 0.3) is 0 Å². The van der Waals surface area contributed by atoms with Crippen LogP contribution >= 0.6 is 0 Å². The first kappa shape index (κ1) is 15.5. The number of nitrogens with zero attached hydrogens (tertiary/aromatic N) is 1. The number of carbonyl (C=O) groups excluding carboxylic acids is 2. The molecule has 0 aliphatic carbocycles. The summed E-state index contributed by atoms with van der Waals surface area (Å²) in [6, 6.07) is 0. The monoisotopic (exact) mass is 270 g/mol. The quantitative estimate of drug-likeness (QED) is 0.734. The average molecular weight is 270 g/mol. The molecule has 1 fully saturated rings. The number of hydrogen-bond acceptors (Lipinski definition) is 3. The van der Waals surface area contributed by atoms with Crippen LogP contribution in [0.4, 0.5) is 0 Å². The SMILES string of the molecule is CCN1CC(C(=O)NCCC(C)(C)C(=O)O)CC1=O. The highest BCUT2D eigenvalue weighted by Crippen LogP contribution is 2.20. The minimum absolute atomic E-state index is 0.00789. The van der Waals surface area contributed by atoms with E-state index in [0.717, 1.165) is 0 Å². The number of carbonyl (C=O) groups is 3. The van der Waals surface area contributed by atoms with Crippen molar-refractivity contribution in [1.29, 1.82) is 0 Å². The molecule has 0 saturated carbocycles. The van der Waals surface area contributed by atoms with Crippen LogP contribution in [0, 0.1) is 11.3 Å². The van der Waals surface area contributed by atoms with E-state index in [2.05, 4.69) is 5.32 Å². The van der Waals surface area contributed by atoms with Gasteiger partial charge >= 0.3 is 5.97 Å². The predicted molar refractivity (Wildman–Crippen MR) is 69.4 cm³/mol. The summed E-state index contributed by atoms with van der Waals surface area (Å²) >= 11 is 0. The summed E-state index contributed by atoms with van der Waals surface area (Å²) in [7, 11) is 0. The van der Waals surface area contributed by atoms with E-state index in [1.807, 2.05) is 6.92 Å². The predicted octanol–water partition coefficient (Wildman–Crippen LogP) is 0.472. The Kier molecular flexibility index (Phi) is 4.91. The lowest BCUT2D eigenvalue weighted by Crippen LogP contribution is -2.36. The Morgan fingerprint density at radius 1 is 1.47 bits per heavy atom. The molecule has 0 spiro atoms. The molecule has 19 heavy (non-hydrogen) atoms. The van der Waals surface area contributed by atoms with Gasteiger partial charge in [0.15, 0.2) is 0 Å². The van der Waals surface area contributed by atoms with Gasteiger partial charge < -0.3 is 15.3 Å². The first-order chi connectivity index (χ1) is 8.77. The fraction of sp³-hybridized carbons (Fsp3) is 0.769. The molecule has 2 N–H and O–H groups in total. The zero-order valence-corrected chi connectivity index (χ0v) is 11.7. The highest BCUT2D eigenvalue weighted by molar-refractivity contribution is 5.89. The third kappa shape index (κ3) is 3.94. The van der Waals surface area contributed by atoms with Crippen molar-refractivity contribution in [2.45, 2.75) is 33.6 Å². The summed E-state index contributed by atoms with van der Waals surface area (Å²) in [5, 5.41) is 11.7. The minimum atomic E-state index is -0.880. The van der Waals surface area contributed by atoms with Gasteiger partial charge in [-0.25, -0.2) is 0 Å². The van der Waals surface area contributed by atoms with Crippen molar-refractivity contribution < 1.29 is 19.5 Å². The van der Waals surface area contributed by atoms with Crippen molar-refractivity contribution >= 4 is 17.8 Å². The maximum atomic E-state index is 11.9. The van der Waals surface area contributed by atoms with Gasteiger partial charge in [-0.15, -0.1) is 0 Å². The zero-order chi connectivity index (χ0) is 14.6. The maximum Gasteiger partial charge on any atom is 0.309 e. The number of likely N-dealkylation sites (tertiary alicyclic amines) is 1. The Morgan fingerprint density at radius 3 is 2.58 bits per heavy atom. The average Bonchev–Trinajstić information content (AvgIpc) is 2.70. The number of amides is 2.